The first kappa shape index (κ1) is 20.4. The van der Waals surface area contributed by atoms with Crippen LogP contribution in [0.15, 0.2) is 36.4 Å². The molecular formula is C18H17F4N3O2. The molecule has 0 radical (unpaired) electrons. The van der Waals surface area contributed by atoms with Gasteiger partial charge in [0, 0.05) is 5.69 Å². The van der Waals surface area contributed by atoms with E-state index in [2.05, 4.69) is 10.6 Å². The Bertz CT molecular complexity index is 843. The van der Waals surface area contributed by atoms with Gasteiger partial charge in [0.05, 0.1) is 18.3 Å². The van der Waals surface area contributed by atoms with Gasteiger partial charge < -0.3 is 10.6 Å². The number of likely N-dealkylation sites (N-methyl/N-ethyl adjacent to an activating group) is 1. The Balaban J connectivity index is 1.94. The van der Waals surface area contributed by atoms with Gasteiger partial charge in [0.25, 0.3) is 0 Å². The molecular weight excluding hydrogens is 366 g/mol. The van der Waals surface area contributed by atoms with Gasteiger partial charge >= 0.3 is 0 Å². The Morgan fingerprint density at radius 3 is 2.22 bits per heavy atom. The van der Waals surface area contributed by atoms with E-state index in [1.54, 1.807) is 0 Å². The number of amides is 2. The zero-order valence-electron chi connectivity index (χ0n) is 14.5. The second kappa shape index (κ2) is 8.63. The molecule has 0 aliphatic rings. The number of hydrogen-bond acceptors (Lipinski definition) is 3. The Hall–Kier alpha value is -2.94. The minimum absolute atomic E-state index is 0.188. The molecule has 2 aromatic rings. The van der Waals surface area contributed by atoms with E-state index in [4.69, 9.17) is 0 Å². The van der Waals surface area contributed by atoms with Crippen LogP contribution in [0.5, 0.6) is 0 Å². The van der Waals surface area contributed by atoms with Crippen molar-refractivity contribution in [2.45, 2.75) is 13.0 Å². The molecule has 27 heavy (non-hydrogen) atoms. The minimum atomic E-state index is -1.69. The molecule has 0 aliphatic carbocycles. The largest absolute Gasteiger partial charge is 0.325 e. The van der Waals surface area contributed by atoms with Gasteiger partial charge in [-0.1, -0.05) is 0 Å². The molecule has 0 saturated heterocycles. The van der Waals surface area contributed by atoms with Crippen molar-refractivity contribution >= 4 is 23.2 Å². The fourth-order valence-corrected chi connectivity index (χ4v) is 2.16. The first-order chi connectivity index (χ1) is 12.7. The lowest BCUT2D eigenvalue weighted by molar-refractivity contribution is -0.122. The van der Waals surface area contributed by atoms with Gasteiger partial charge in [-0.3, -0.25) is 14.5 Å². The van der Waals surface area contributed by atoms with E-state index < -0.39 is 46.8 Å². The highest BCUT2D eigenvalue weighted by atomic mass is 19.2. The summed E-state index contributed by atoms with van der Waals surface area (Å²) in [6.07, 6.45) is 0. The number of halogens is 4. The van der Waals surface area contributed by atoms with Crippen LogP contribution in [-0.2, 0) is 9.59 Å². The van der Waals surface area contributed by atoms with E-state index in [1.165, 1.54) is 43.1 Å². The molecule has 0 unspecified atom stereocenters. The van der Waals surface area contributed by atoms with Gasteiger partial charge in [-0.25, -0.2) is 17.6 Å². The average Bonchev–Trinajstić information content (AvgIpc) is 2.63. The fourth-order valence-electron chi connectivity index (χ4n) is 2.16. The van der Waals surface area contributed by atoms with Crippen molar-refractivity contribution in [2.24, 2.45) is 0 Å². The van der Waals surface area contributed by atoms with Crippen molar-refractivity contribution < 1.29 is 27.2 Å². The first-order valence-electron chi connectivity index (χ1n) is 7.89. The van der Waals surface area contributed by atoms with Crippen LogP contribution in [0.25, 0.3) is 0 Å². The van der Waals surface area contributed by atoms with Crippen molar-refractivity contribution in [1.82, 2.24) is 4.90 Å². The summed E-state index contributed by atoms with van der Waals surface area (Å²) < 4.78 is 52.6. The van der Waals surface area contributed by atoms with Gasteiger partial charge in [0.1, 0.15) is 5.82 Å². The predicted molar refractivity (Wildman–Crippen MR) is 92.1 cm³/mol. The van der Waals surface area contributed by atoms with E-state index in [-0.39, 0.29) is 6.54 Å². The van der Waals surface area contributed by atoms with Crippen molar-refractivity contribution in [3.8, 4) is 0 Å². The molecule has 5 nitrogen and oxygen atoms in total. The Labute approximate surface area is 153 Å². The molecule has 2 amide bonds. The third kappa shape index (κ3) is 5.27. The standard InChI is InChI=1S/C18H17F4N3O2/c1-10(18(27)24-14-8-7-13(20)16(21)17(14)22)25(2)9-15(26)23-12-5-3-11(19)4-6-12/h3-8,10H,9H2,1-2H3,(H,23,26)(H,24,27)/t10-/m1/s1. The predicted octanol–water partition coefficient (Wildman–Crippen LogP) is 3.14. The summed E-state index contributed by atoms with van der Waals surface area (Å²) in [6, 6.07) is 5.86. The smallest absolute Gasteiger partial charge is 0.241 e. The van der Waals surface area contributed by atoms with E-state index in [0.29, 0.717) is 11.8 Å². The van der Waals surface area contributed by atoms with Crippen LogP contribution in [0.4, 0.5) is 28.9 Å². The van der Waals surface area contributed by atoms with Crippen LogP contribution < -0.4 is 10.6 Å². The van der Waals surface area contributed by atoms with Crippen LogP contribution in [0.3, 0.4) is 0 Å². The molecule has 0 bridgehead atoms. The molecule has 0 spiro atoms. The van der Waals surface area contributed by atoms with E-state index in [1.807, 2.05) is 0 Å². The van der Waals surface area contributed by atoms with Crippen molar-refractivity contribution in [1.29, 1.82) is 0 Å². The van der Waals surface area contributed by atoms with Crippen molar-refractivity contribution in [3.05, 3.63) is 59.7 Å². The van der Waals surface area contributed by atoms with E-state index in [0.717, 1.165) is 6.07 Å². The maximum atomic E-state index is 13.6. The third-order valence-electron chi connectivity index (χ3n) is 3.85. The van der Waals surface area contributed by atoms with Crippen molar-refractivity contribution in [2.75, 3.05) is 24.2 Å². The van der Waals surface area contributed by atoms with Gasteiger partial charge in [-0.2, -0.15) is 0 Å². The number of anilines is 2. The Kier molecular flexibility index (Phi) is 6.51. The highest BCUT2D eigenvalue weighted by Gasteiger charge is 2.22. The molecule has 9 heteroatoms. The summed E-state index contributed by atoms with van der Waals surface area (Å²) in [5.41, 5.74) is -0.120. The molecule has 2 aromatic carbocycles. The van der Waals surface area contributed by atoms with E-state index in [9.17, 15) is 27.2 Å². The number of carbonyl (C=O) groups excluding carboxylic acids is 2. The highest BCUT2D eigenvalue weighted by Crippen LogP contribution is 2.20. The molecule has 0 aromatic heterocycles. The Morgan fingerprint density at radius 1 is 0.963 bits per heavy atom. The summed E-state index contributed by atoms with van der Waals surface area (Å²) in [5, 5.41) is 4.69. The van der Waals surface area contributed by atoms with Crippen LogP contribution in [0.2, 0.25) is 0 Å². The quantitative estimate of drug-likeness (QED) is 0.595. The van der Waals surface area contributed by atoms with Gasteiger partial charge in [-0.15, -0.1) is 0 Å². The second-order valence-corrected chi connectivity index (χ2v) is 5.86. The molecule has 0 aliphatic heterocycles. The Morgan fingerprint density at radius 2 is 1.59 bits per heavy atom. The maximum absolute atomic E-state index is 13.6. The normalized spacial score (nSPS) is 12.0. The lowest BCUT2D eigenvalue weighted by Gasteiger charge is -2.23. The number of nitrogens with one attached hydrogen (secondary N) is 2. The summed E-state index contributed by atoms with van der Waals surface area (Å²) in [7, 11) is 1.48. The zero-order chi connectivity index (χ0) is 20.1. The molecule has 2 rings (SSSR count). The number of benzene rings is 2. The number of hydrogen-bond donors (Lipinski definition) is 2. The number of rotatable bonds is 6. The lowest BCUT2D eigenvalue weighted by Crippen LogP contribution is -2.43. The zero-order valence-corrected chi connectivity index (χ0v) is 14.5. The molecule has 0 fully saturated rings. The summed E-state index contributed by atoms with van der Waals surface area (Å²) in [6.45, 7) is 1.27. The highest BCUT2D eigenvalue weighted by molar-refractivity contribution is 5.96. The SMILES string of the molecule is C[C@H](C(=O)Nc1ccc(F)c(F)c1F)N(C)CC(=O)Nc1ccc(F)cc1. The first-order valence-corrected chi connectivity index (χ1v) is 7.89. The molecule has 0 saturated carbocycles. The summed E-state index contributed by atoms with van der Waals surface area (Å²) in [4.78, 5) is 25.5. The van der Waals surface area contributed by atoms with Gasteiger partial charge in [0.15, 0.2) is 17.5 Å². The van der Waals surface area contributed by atoms with Crippen LogP contribution in [0.1, 0.15) is 6.92 Å². The average molecular weight is 383 g/mol. The topological polar surface area (TPSA) is 61.4 Å². The molecule has 144 valence electrons. The van der Waals surface area contributed by atoms with Crippen molar-refractivity contribution in [3.63, 3.8) is 0 Å². The molecule has 1 atom stereocenters. The monoisotopic (exact) mass is 383 g/mol. The van der Waals surface area contributed by atoms with Gasteiger partial charge in [-0.05, 0) is 50.4 Å². The summed E-state index contributed by atoms with van der Waals surface area (Å²) >= 11 is 0. The van der Waals surface area contributed by atoms with Crippen LogP contribution in [0, 0.1) is 23.3 Å². The van der Waals surface area contributed by atoms with Crippen LogP contribution in [-0.4, -0.2) is 36.3 Å². The second-order valence-electron chi connectivity index (χ2n) is 5.86. The summed E-state index contributed by atoms with van der Waals surface area (Å²) in [5.74, 6) is -6.17. The number of nitrogens with zero attached hydrogens (tertiary/aromatic N) is 1. The maximum Gasteiger partial charge on any atom is 0.241 e. The van der Waals surface area contributed by atoms with E-state index >= 15 is 0 Å². The fraction of sp³-hybridized carbons (Fsp3) is 0.222. The molecule has 0 heterocycles. The third-order valence-corrected chi connectivity index (χ3v) is 3.85. The van der Waals surface area contributed by atoms with Gasteiger partial charge in [0.2, 0.25) is 11.8 Å². The van der Waals surface area contributed by atoms with Crippen LogP contribution >= 0.6 is 0 Å². The molecule has 2 N–H and O–H groups in total. The lowest BCUT2D eigenvalue weighted by atomic mass is 10.2. The minimum Gasteiger partial charge on any atom is -0.325 e. The number of carbonyl (C=O) groups is 2.